The van der Waals surface area contributed by atoms with Crippen molar-refractivity contribution in [2.24, 2.45) is 0 Å². The van der Waals surface area contributed by atoms with E-state index < -0.39 is 21.0 Å². The van der Waals surface area contributed by atoms with Gasteiger partial charge in [-0.3, -0.25) is 9.78 Å². The number of hydrogen-bond donors (Lipinski definition) is 0. The van der Waals surface area contributed by atoms with E-state index in [1.54, 1.807) is 44.6 Å². The van der Waals surface area contributed by atoms with Crippen molar-refractivity contribution in [1.29, 1.82) is 0 Å². The Kier molecular flexibility index (Phi) is 6.47. The molecule has 0 unspecified atom stereocenters. The Balaban J connectivity index is 1.62. The third kappa shape index (κ3) is 4.32. The fraction of sp³-hybridized carbons (Fsp3) is 0.300. The maximum atomic E-state index is 14.2. The zero-order valence-electron chi connectivity index (χ0n) is 22.1. The number of carbonyl (C=O) groups excluding carboxylic acids is 1. The van der Waals surface area contributed by atoms with E-state index in [1.165, 1.54) is 0 Å². The Hall–Kier alpha value is -3.78. The van der Waals surface area contributed by atoms with Crippen molar-refractivity contribution in [2.45, 2.75) is 43.4 Å². The lowest BCUT2D eigenvalue weighted by Crippen LogP contribution is -2.30. The number of methoxy groups -OCH3 is 2. The Morgan fingerprint density at radius 1 is 0.947 bits per heavy atom. The summed E-state index contributed by atoms with van der Waals surface area (Å²) in [4.78, 5) is 23.3. The van der Waals surface area contributed by atoms with E-state index in [2.05, 4.69) is 9.97 Å². The first-order valence-electron chi connectivity index (χ1n) is 12.4. The number of fused-ring (bicyclic) bond motifs is 1. The molecule has 0 bridgehead atoms. The van der Waals surface area contributed by atoms with E-state index >= 15 is 0 Å². The van der Waals surface area contributed by atoms with Crippen molar-refractivity contribution in [1.82, 2.24) is 9.97 Å². The van der Waals surface area contributed by atoms with Crippen LogP contribution in [-0.2, 0) is 20.0 Å². The second-order valence-electron chi connectivity index (χ2n) is 9.94. The molecule has 2 aromatic heterocycles. The number of nitrogens with zero attached hydrogens (tertiary/aromatic N) is 2. The topological polar surface area (TPSA) is 95.5 Å². The number of rotatable bonds is 8. The van der Waals surface area contributed by atoms with E-state index in [0.717, 1.165) is 22.5 Å². The molecule has 5 rings (SSSR count). The summed E-state index contributed by atoms with van der Waals surface area (Å²) in [6, 6.07) is 17.9. The first-order chi connectivity index (χ1) is 18.1. The monoisotopic (exact) mass is 530 g/mol. The van der Waals surface area contributed by atoms with Gasteiger partial charge < -0.3 is 9.47 Å². The summed E-state index contributed by atoms with van der Waals surface area (Å²) in [6.07, 6.45) is 0.429. The average Bonchev–Trinajstić information content (AvgIpc) is 3.64. The van der Waals surface area contributed by atoms with Crippen LogP contribution in [0.5, 0.6) is 11.6 Å². The van der Waals surface area contributed by atoms with Crippen LogP contribution in [0, 0.1) is 20.8 Å². The van der Waals surface area contributed by atoms with Gasteiger partial charge in [-0.05, 0) is 63.6 Å². The number of ether oxygens (including phenoxy) is 2. The maximum Gasteiger partial charge on any atom is 0.216 e. The fourth-order valence-electron chi connectivity index (χ4n) is 5.42. The molecule has 7 nitrogen and oxygen atoms in total. The molecule has 1 fully saturated rings. The number of hydrogen-bond acceptors (Lipinski definition) is 7. The van der Waals surface area contributed by atoms with Crippen molar-refractivity contribution < 1.29 is 22.7 Å². The number of aryl methyl sites for hydroxylation is 3. The van der Waals surface area contributed by atoms with Crippen LogP contribution in [0.1, 0.15) is 40.4 Å². The van der Waals surface area contributed by atoms with Crippen LogP contribution < -0.4 is 9.47 Å². The zero-order chi connectivity index (χ0) is 27.2. The Morgan fingerprint density at radius 3 is 2.42 bits per heavy atom. The molecular formula is C30H30N2O5S. The van der Waals surface area contributed by atoms with Gasteiger partial charge in [-0.15, -0.1) is 0 Å². The van der Waals surface area contributed by atoms with Gasteiger partial charge in [0.2, 0.25) is 5.88 Å². The molecule has 196 valence electrons. The molecule has 38 heavy (non-hydrogen) atoms. The number of ketones is 1. The van der Waals surface area contributed by atoms with Crippen LogP contribution in [0.3, 0.4) is 0 Å². The minimum atomic E-state index is -3.99. The average molecular weight is 531 g/mol. The van der Waals surface area contributed by atoms with Gasteiger partial charge in [0.1, 0.15) is 11.5 Å². The van der Waals surface area contributed by atoms with E-state index in [0.29, 0.717) is 34.5 Å². The van der Waals surface area contributed by atoms with Gasteiger partial charge in [0.15, 0.2) is 15.6 Å². The molecule has 0 N–H and O–H groups in total. The van der Waals surface area contributed by atoms with Crippen molar-refractivity contribution in [3.05, 3.63) is 88.7 Å². The highest BCUT2D eigenvalue weighted by Crippen LogP contribution is 2.64. The van der Waals surface area contributed by atoms with E-state index in [9.17, 15) is 13.2 Å². The lowest BCUT2D eigenvalue weighted by Gasteiger charge is -2.21. The summed E-state index contributed by atoms with van der Waals surface area (Å²) in [5.74, 6) is -0.343. The quantitative estimate of drug-likeness (QED) is 0.315. The standard InChI is InChI=1S/C30H30N2O5S/c1-18-9-14-26(36-4)23(15-18)30(16-24(30)21-12-10-20(3)32-29(21)37-5)28(33)17-38(34,35)27-8-6-7-25-22(27)13-11-19(2)31-25/h6-15,24H,16-17H2,1-5H3/t24-,30-/m1/s1. The van der Waals surface area contributed by atoms with E-state index in [-0.39, 0.29) is 16.6 Å². The van der Waals surface area contributed by atoms with Crippen LogP contribution in [0.15, 0.2) is 65.6 Å². The number of aromatic nitrogens is 2. The van der Waals surface area contributed by atoms with Gasteiger partial charge in [-0.2, -0.15) is 0 Å². The first-order valence-corrected chi connectivity index (χ1v) is 14.0. The van der Waals surface area contributed by atoms with Gasteiger partial charge in [-0.25, -0.2) is 13.4 Å². The summed E-state index contributed by atoms with van der Waals surface area (Å²) >= 11 is 0. The highest BCUT2D eigenvalue weighted by Gasteiger charge is 2.63. The Morgan fingerprint density at radius 2 is 1.68 bits per heavy atom. The molecule has 2 heterocycles. The number of Topliss-reactive ketones (excluding diaryl/α,β-unsaturated/α-hetero) is 1. The van der Waals surface area contributed by atoms with Crippen LogP contribution in [0.2, 0.25) is 0 Å². The van der Waals surface area contributed by atoms with Gasteiger partial charge in [0.05, 0.1) is 30.0 Å². The summed E-state index contributed by atoms with van der Waals surface area (Å²) in [6.45, 7) is 5.66. The minimum absolute atomic E-state index is 0.106. The lowest BCUT2D eigenvalue weighted by atomic mass is 9.86. The summed E-state index contributed by atoms with van der Waals surface area (Å²) in [5, 5.41) is 0.504. The third-order valence-electron chi connectivity index (χ3n) is 7.38. The molecule has 8 heteroatoms. The third-order valence-corrected chi connectivity index (χ3v) is 9.05. The molecule has 0 saturated heterocycles. The molecular weight excluding hydrogens is 500 g/mol. The molecule has 1 saturated carbocycles. The first kappa shape index (κ1) is 25.9. The molecule has 0 spiro atoms. The smallest absolute Gasteiger partial charge is 0.216 e. The molecule has 1 aliphatic rings. The van der Waals surface area contributed by atoms with Crippen molar-refractivity contribution in [3.63, 3.8) is 0 Å². The van der Waals surface area contributed by atoms with Crippen LogP contribution >= 0.6 is 0 Å². The molecule has 1 aliphatic carbocycles. The largest absolute Gasteiger partial charge is 0.496 e. The molecule has 0 aliphatic heterocycles. The zero-order valence-corrected chi connectivity index (χ0v) is 22.9. The van der Waals surface area contributed by atoms with Crippen LogP contribution in [0.4, 0.5) is 0 Å². The molecule has 4 aromatic rings. The molecule has 2 atom stereocenters. The normalized spacial score (nSPS) is 18.8. The van der Waals surface area contributed by atoms with Crippen LogP contribution in [-0.4, -0.2) is 44.1 Å². The van der Waals surface area contributed by atoms with Crippen molar-refractivity contribution in [3.8, 4) is 11.6 Å². The van der Waals surface area contributed by atoms with Gasteiger partial charge in [-0.1, -0.05) is 29.8 Å². The predicted molar refractivity (Wildman–Crippen MR) is 146 cm³/mol. The number of sulfone groups is 1. The second kappa shape index (κ2) is 9.51. The van der Waals surface area contributed by atoms with Crippen LogP contribution in [0.25, 0.3) is 10.9 Å². The Labute approximate surface area is 222 Å². The summed E-state index contributed by atoms with van der Waals surface area (Å²) in [7, 11) is -0.883. The molecule has 0 amide bonds. The number of carbonyl (C=O) groups is 1. The maximum absolute atomic E-state index is 14.2. The predicted octanol–water partition coefficient (Wildman–Crippen LogP) is 5.04. The van der Waals surface area contributed by atoms with E-state index in [4.69, 9.17) is 9.47 Å². The van der Waals surface area contributed by atoms with Crippen molar-refractivity contribution >= 4 is 26.5 Å². The molecule has 2 aromatic carbocycles. The summed E-state index contributed by atoms with van der Waals surface area (Å²) in [5.41, 5.74) is 3.47. The summed E-state index contributed by atoms with van der Waals surface area (Å²) < 4.78 is 38.8. The van der Waals surface area contributed by atoms with Crippen molar-refractivity contribution in [2.75, 3.05) is 20.0 Å². The number of pyridine rings is 2. The van der Waals surface area contributed by atoms with Gasteiger partial charge in [0, 0.05) is 33.8 Å². The SMILES string of the molecule is COc1ccc(C)cc1[C@]1(C(=O)CS(=O)(=O)c2cccc3nc(C)ccc23)C[C@@H]1c1ccc(C)nc1OC. The van der Waals surface area contributed by atoms with Gasteiger partial charge in [0.25, 0.3) is 0 Å². The lowest BCUT2D eigenvalue weighted by molar-refractivity contribution is -0.119. The number of benzene rings is 2. The minimum Gasteiger partial charge on any atom is -0.496 e. The Bertz CT molecular complexity index is 1680. The second-order valence-corrected chi connectivity index (χ2v) is 11.9. The highest BCUT2D eigenvalue weighted by atomic mass is 32.2. The van der Waals surface area contributed by atoms with Gasteiger partial charge >= 0.3 is 0 Å². The highest BCUT2D eigenvalue weighted by molar-refractivity contribution is 7.92. The molecule has 0 radical (unpaired) electrons. The van der Waals surface area contributed by atoms with E-state index in [1.807, 2.05) is 51.1 Å². The fourth-order valence-corrected chi connectivity index (χ4v) is 6.97.